The van der Waals surface area contributed by atoms with Gasteiger partial charge in [0.25, 0.3) is 11.8 Å². The van der Waals surface area contributed by atoms with Crippen LogP contribution in [0.5, 0.6) is 5.75 Å². The third-order valence-electron chi connectivity index (χ3n) is 11.7. The Hall–Kier alpha value is -5.55. The second-order valence-electron chi connectivity index (χ2n) is 15.2. The van der Waals surface area contributed by atoms with Gasteiger partial charge in [-0.15, -0.1) is 0 Å². The van der Waals surface area contributed by atoms with Crippen LogP contribution in [0.3, 0.4) is 0 Å². The lowest BCUT2D eigenvalue weighted by Crippen LogP contribution is -2.53. The molecule has 0 spiro atoms. The molecule has 3 N–H and O–H groups in total. The van der Waals surface area contributed by atoms with Crippen LogP contribution in [0.1, 0.15) is 89.3 Å². The molecule has 6 heterocycles. The zero-order valence-corrected chi connectivity index (χ0v) is 31.3. The van der Waals surface area contributed by atoms with Gasteiger partial charge >= 0.3 is 6.18 Å². The molecule has 0 bridgehead atoms. The monoisotopic (exact) mass is 788 g/mol. The van der Waals surface area contributed by atoms with E-state index in [0.717, 1.165) is 88.0 Å². The van der Waals surface area contributed by atoms with E-state index in [9.17, 15) is 37.5 Å². The maximum absolute atomic E-state index is 13.2. The Morgan fingerprint density at radius 1 is 1.00 bits per heavy atom. The number of aromatic nitrogens is 3. The fraction of sp³-hybridized carbons (Fsp3) is 0.450. The highest BCUT2D eigenvalue weighted by molar-refractivity contribution is 6.06. The molecule has 3 fully saturated rings. The molecule has 3 saturated heterocycles. The normalized spacial score (nSPS) is 21.2. The van der Waals surface area contributed by atoms with E-state index < -0.39 is 41.9 Å². The lowest BCUT2D eigenvalue weighted by molar-refractivity contribution is -0.141. The summed E-state index contributed by atoms with van der Waals surface area (Å²) < 4.78 is 46.9. The maximum atomic E-state index is 13.2. The number of nitrogens with zero attached hydrogens (tertiary/aromatic N) is 6. The number of alkyl halides is 3. The van der Waals surface area contributed by atoms with Crippen molar-refractivity contribution < 1.29 is 42.2 Å². The van der Waals surface area contributed by atoms with Crippen LogP contribution in [-0.4, -0.2) is 99.2 Å². The summed E-state index contributed by atoms with van der Waals surface area (Å²) in [7, 11) is 1.45. The minimum atomic E-state index is -4.67. The summed E-state index contributed by atoms with van der Waals surface area (Å²) in [6, 6.07) is 11.4. The third-order valence-corrected chi connectivity index (χ3v) is 11.7. The largest absolute Gasteiger partial charge is 0.494 e. The Labute approximate surface area is 325 Å². The lowest BCUT2D eigenvalue weighted by atomic mass is 9.92. The molecule has 4 aromatic rings. The molecular weight excluding hydrogens is 745 g/mol. The van der Waals surface area contributed by atoms with Crippen molar-refractivity contribution in [2.24, 2.45) is 5.92 Å². The number of rotatable bonds is 9. The van der Waals surface area contributed by atoms with Crippen molar-refractivity contribution in [1.29, 1.82) is 0 Å². The first-order chi connectivity index (χ1) is 27.4. The number of hydrogen-bond donors (Lipinski definition) is 3. The predicted octanol–water partition coefficient (Wildman–Crippen LogP) is 4.91. The summed E-state index contributed by atoms with van der Waals surface area (Å²) in [5.41, 5.74) is 1.26. The van der Waals surface area contributed by atoms with Gasteiger partial charge in [-0.3, -0.25) is 34.1 Å². The molecule has 300 valence electrons. The maximum Gasteiger partial charge on any atom is 0.433 e. The van der Waals surface area contributed by atoms with Gasteiger partial charge < -0.3 is 25.0 Å². The first-order valence-electron chi connectivity index (χ1n) is 19.2. The van der Waals surface area contributed by atoms with Crippen molar-refractivity contribution in [3.05, 3.63) is 77.2 Å². The van der Waals surface area contributed by atoms with E-state index >= 15 is 0 Å². The number of pyridine rings is 1. The highest BCUT2D eigenvalue weighted by Crippen LogP contribution is 2.39. The quantitative estimate of drug-likeness (QED) is 0.199. The van der Waals surface area contributed by atoms with Crippen molar-refractivity contribution in [1.82, 2.24) is 29.9 Å². The van der Waals surface area contributed by atoms with Gasteiger partial charge in [-0.05, 0) is 87.4 Å². The Kier molecular flexibility index (Phi) is 10.4. The van der Waals surface area contributed by atoms with Gasteiger partial charge in [0.1, 0.15) is 23.2 Å². The number of aliphatic hydroxyl groups excluding tert-OH is 1. The van der Waals surface area contributed by atoms with Crippen LogP contribution in [0.2, 0.25) is 0 Å². The van der Waals surface area contributed by atoms with Crippen LogP contribution in [-0.2, 0) is 15.8 Å². The summed E-state index contributed by atoms with van der Waals surface area (Å²) in [4.78, 5) is 59.6. The molecular formula is C40H43F3N8O6. The van der Waals surface area contributed by atoms with E-state index in [0.29, 0.717) is 34.0 Å². The van der Waals surface area contributed by atoms with Crippen LogP contribution in [0.15, 0.2) is 54.7 Å². The van der Waals surface area contributed by atoms with E-state index in [4.69, 9.17) is 9.84 Å². The number of hydrogen-bond acceptors (Lipinski definition) is 10. The zero-order chi connectivity index (χ0) is 40.0. The highest BCUT2D eigenvalue weighted by Gasteiger charge is 2.44. The number of nitrogens with one attached hydrogen (secondary N) is 2. The van der Waals surface area contributed by atoms with Gasteiger partial charge in [0.05, 0.1) is 24.4 Å². The topological polar surface area (TPSA) is 162 Å². The number of fused-ring (bicyclic) bond motifs is 2. The minimum absolute atomic E-state index is 0.118. The van der Waals surface area contributed by atoms with E-state index in [1.54, 1.807) is 18.2 Å². The summed E-state index contributed by atoms with van der Waals surface area (Å²) >= 11 is 0. The smallest absolute Gasteiger partial charge is 0.433 e. The van der Waals surface area contributed by atoms with Gasteiger partial charge in [0, 0.05) is 67.1 Å². The molecule has 0 aliphatic carbocycles. The molecule has 2 aromatic heterocycles. The summed E-state index contributed by atoms with van der Waals surface area (Å²) in [6.07, 6.45) is 1.29. The van der Waals surface area contributed by atoms with E-state index in [1.165, 1.54) is 18.1 Å². The number of halogens is 3. The van der Waals surface area contributed by atoms with E-state index in [2.05, 4.69) is 25.4 Å². The molecule has 2 atom stereocenters. The van der Waals surface area contributed by atoms with Crippen molar-refractivity contribution in [2.75, 3.05) is 50.1 Å². The number of benzene rings is 2. The number of imide groups is 1. The summed E-state index contributed by atoms with van der Waals surface area (Å²) in [5, 5.41) is 21.6. The van der Waals surface area contributed by atoms with Crippen LogP contribution < -0.4 is 20.3 Å². The van der Waals surface area contributed by atoms with Crippen LogP contribution in [0.4, 0.5) is 24.5 Å². The fourth-order valence-corrected chi connectivity index (χ4v) is 8.50. The Bertz CT molecular complexity index is 2210. The average Bonchev–Trinajstić information content (AvgIpc) is 3.73. The number of carbonyl (C=O) groups is 4. The predicted molar refractivity (Wildman–Crippen MR) is 201 cm³/mol. The molecule has 0 saturated carbocycles. The summed E-state index contributed by atoms with van der Waals surface area (Å²) in [6.45, 7) is 4.58. The van der Waals surface area contributed by atoms with Crippen molar-refractivity contribution >= 4 is 45.9 Å². The molecule has 4 aliphatic rings. The van der Waals surface area contributed by atoms with E-state index in [-0.39, 0.29) is 30.5 Å². The number of aliphatic hydroxyl groups is 1. The van der Waals surface area contributed by atoms with Crippen LogP contribution in [0, 0.1) is 5.92 Å². The minimum Gasteiger partial charge on any atom is -0.494 e. The third kappa shape index (κ3) is 7.77. The van der Waals surface area contributed by atoms with Gasteiger partial charge in [0.2, 0.25) is 11.8 Å². The Morgan fingerprint density at radius 2 is 1.77 bits per heavy atom. The van der Waals surface area contributed by atoms with Gasteiger partial charge in [0.15, 0.2) is 6.23 Å². The van der Waals surface area contributed by atoms with E-state index in [1.807, 2.05) is 23.0 Å². The average molecular weight is 789 g/mol. The molecule has 14 nitrogen and oxygen atoms in total. The number of methoxy groups -OCH3 is 1. The van der Waals surface area contributed by atoms with Gasteiger partial charge in [-0.25, -0.2) is 4.98 Å². The van der Waals surface area contributed by atoms with Crippen molar-refractivity contribution in [3.8, 4) is 5.75 Å². The fourth-order valence-electron chi connectivity index (χ4n) is 8.50. The number of ether oxygens (including phenoxy) is 1. The molecule has 0 radical (unpaired) electrons. The SMILES string of the molecule is COc1cc2nn(C3CCN(CCC4CCN(c5ccc6c(c5)C(O)N(C5CCC(=O)NC5=O)C6=O)CC4)CC3)cc2cc1NC(=O)c1cccc(C(F)(F)F)n1. The first-order valence-corrected chi connectivity index (χ1v) is 19.2. The number of carbonyl (C=O) groups excluding carboxylic acids is 4. The number of likely N-dealkylation sites (tertiary alicyclic amines) is 1. The number of amides is 4. The first kappa shape index (κ1) is 38.3. The zero-order valence-electron chi connectivity index (χ0n) is 31.3. The Morgan fingerprint density at radius 3 is 2.49 bits per heavy atom. The van der Waals surface area contributed by atoms with Gasteiger partial charge in [-0.1, -0.05) is 6.07 Å². The second-order valence-corrected chi connectivity index (χ2v) is 15.2. The molecule has 8 rings (SSSR count). The molecule has 57 heavy (non-hydrogen) atoms. The summed E-state index contributed by atoms with van der Waals surface area (Å²) in [5.74, 6) is -1.23. The van der Waals surface area contributed by atoms with Gasteiger partial charge in [-0.2, -0.15) is 18.3 Å². The Balaban J connectivity index is 0.816. The molecule has 4 amide bonds. The second kappa shape index (κ2) is 15.4. The number of anilines is 2. The highest BCUT2D eigenvalue weighted by atomic mass is 19.4. The van der Waals surface area contributed by atoms with Crippen molar-refractivity contribution in [3.63, 3.8) is 0 Å². The molecule has 2 aromatic carbocycles. The van der Waals surface area contributed by atoms with Crippen molar-refractivity contribution in [2.45, 2.75) is 69.4 Å². The lowest BCUT2D eigenvalue weighted by Gasteiger charge is -2.36. The van der Waals surface area contributed by atoms with Crippen LogP contribution >= 0.6 is 0 Å². The standard InChI is InChI=1S/C40H43F3N8O6/c1-57-33-21-30-24(19-31(33)45-36(53)29-3-2-4-34(44-29)40(41,42)43)22-50(47-30)25-12-15-48(16-13-25)14-9-23-10-17-49(18-11-23)26-5-6-27-28(20-26)39(56)51(38(27)55)32-7-8-35(52)46-37(32)54/h2-6,19-23,25,32,39,56H,7-18H2,1H3,(H,45,53)(H,46,52,54). The number of piperidine rings is 3. The molecule has 4 aliphatic heterocycles. The molecule has 2 unspecified atom stereocenters. The van der Waals surface area contributed by atoms with Crippen LogP contribution in [0.25, 0.3) is 10.9 Å². The molecule has 17 heteroatoms.